The molecule has 2 heterocycles. The molecule has 2 spiro atoms. The van der Waals surface area contributed by atoms with Gasteiger partial charge < -0.3 is 29.2 Å². The van der Waals surface area contributed by atoms with Crippen LogP contribution in [0.5, 0.6) is 0 Å². The zero-order chi connectivity index (χ0) is 36.6. The molecule has 7 nitrogen and oxygen atoms in total. The number of ether oxygens (including phenoxy) is 4. The molecular weight excluding hydrogens is 652 g/mol. The van der Waals surface area contributed by atoms with Crippen LogP contribution in [0.25, 0.3) is 0 Å². The third kappa shape index (κ3) is 5.44. The van der Waals surface area contributed by atoms with E-state index in [0.29, 0.717) is 36.4 Å². The molecule has 0 bridgehead atoms. The molecule has 8 rings (SSSR count). The fourth-order valence-electron chi connectivity index (χ4n) is 15.2. The molecule has 0 aromatic heterocycles. The summed E-state index contributed by atoms with van der Waals surface area (Å²) in [4.78, 5) is 2.36. The van der Waals surface area contributed by atoms with Crippen molar-refractivity contribution in [3.63, 3.8) is 0 Å². The van der Waals surface area contributed by atoms with E-state index in [1.807, 2.05) is 20.8 Å². The van der Waals surface area contributed by atoms with E-state index in [0.717, 1.165) is 51.7 Å². The van der Waals surface area contributed by atoms with E-state index < -0.39 is 23.7 Å². The van der Waals surface area contributed by atoms with Crippen LogP contribution in [0.1, 0.15) is 126 Å². The van der Waals surface area contributed by atoms with E-state index in [1.54, 1.807) is 0 Å². The minimum absolute atomic E-state index is 0.00996. The van der Waals surface area contributed by atoms with Crippen molar-refractivity contribution in [2.45, 2.75) is 174 Å². The Hall–Kier alpha value is -0.420. The van der Waals surface area contributed by atoms with Crippen LogP contribution in [0.4, 0.5) is 8.78 Å². The molecule has 2 saturated heterocycles. The first-order valence-electron chi connectivity index (χ1n) is 20.9. The van der Waals surface area contributed by atoms with Crippen molar-refractivity contribution in [1.29, 1.82) is 0 Å². The Morgan fingerprint density at radius 1 is 1.00 bits per heavy atom. The van der Waals surface area contributed by atoms with Gasteiger partial charge in [-0.15, -0.1) is 0 Å². The predicted octanol–water partition coefficient (Wildman–Crippen LogP) is 7.45. The minimum Gasteiger partial charge on any atom is -0.390 e. The van der Waals surface area contributed by atoms with E-state index in [1.165, 1.54) is 25.7 Å². The van der Waals surface area contributed by atoms with Gasteiger partial charge in [-0.05, 0) is 136 Å². The summed E-state index contributed by atoms with van der Waals surface area (Å²) in [5.74, 6) is -0.611. The average molecular weight is 722 g/mol. The maximum Gasteiger partial charge on any atom is 0.248 e. The summed E-state index contributed by atoms with van der Waals surface area (Å²) < 4.78 is 53.0. The maximum absolute atomic E-state index is 13.4. The number of hydrogen-bond acceptors (Lipinski definition) is 7. The van der Waals surface area contributed by atoms with Crippen LogP contribution in [-0.2, 0) is 18.9 Å². The molecule has 8 aliphatic rings. The van der Waals surface area contributed by atoms with Crippen LogP contribution in [-0.4, -0.2) is 96.3 Å². The number of rotatable bonds is 9. The lowest BCUT2D eigenvalue weighted by Crippen LogP contribution is -2.60. The Balaban J connectivity index is 0.968. The molecular formula is C42H69F2NO6. The van der Waals surface area contributed by atoms with Gasteiger partial charge in [0.2, 0.25) is 5.92 Å². The summed E-state index contributed by atoms with van der Waals surface area (Å²) in [6.45, 7) is 21.4. The van der Waals surface area contributed by atoms with Crippen molar-refractivity contribution >= 4 is 0 Å². The molecule has 292 valence electrons. The van der Waals surface area contributed by atoms with E-state index in [9.17, 15) is 19.0 Å². The third-order valence-corrected chi connectivity index (χ3v) is 17.6. The highest BCUT2D eigenvalue weighted by Crippen LogP contribution is 2.89. The van der Waals surface area contributed by atoms with E-state index in [2.05, 4.69) is 39.5 Å². The number of aliphatic hydroxyl groups excluding tert-OH is 1. The van der Waals surface area contributed by atoms with Gasteiger partial charge in [0, 0.05) is 38.0 Å². The molecule has 6 saturated carbocycles. The second-order valence-corrected chi connectivity index (χ2v) is 20.7. The monoisotopic (exact) mass is 722 g/mol. The maximum atomic E-state index is 13.4. The highest BCUT2D eigenvalue weighted by atomic mass is 19.3. The summed E-state index contributed by atoms with van der Waals surface area (Å²) >= 11 is 0. The molecule has 2 aliphatic heterocycles. The second kappa shape index (κ2) is 12.3. The Morgan fingerprint density at radius 3 is 2.39 bits per heavy atom. The first-order valence-corrected chi connectivity index (χ1v) is 20.9. The predicted molar refractivity (Wildman–Crippen MR) is 191 cm³/mol. The van der Waals surface area contributed by atoms with Crippen LogP contribution in [0, 0.1) is 56.7 Å². The molecule has 0 aromatic rings. The van der Waals surface area contributed by atoms with Gasteiger partial charge >= 0.3 is 0 Å². The zero-order valence-corrected chi connectivity index (χ0v) is 32.9. The van der Waals surface area contributed by atoms with Crippen LogP contribution < -0.4 is 0 Å². The van der Waals surface area contributed by atoms with Crippen molar-refractivity contribution in [2.75, 3.05) is 32.8 Å². The van der Waals surface area contributed by atoms with Gasteiger partial charge in [-0.1, -0.05) is 34.6 Å². The minimum atomic E-state index is -2.45. The lowest BCUT2D eigenvalue weighted by atomic mass is 9.41. The summed E-state index contributed by atoms with van der Waals surface area (Å²) in [5.41, 5.74) is -0.700. The highest BCUT2D eigenvalue weighted by molar-refractivity contribution is 5.33. The first kappa shape index (κ1) is 37.5. The zero-order valence-electron chi connectivity index (χ0n) is 32.9. The van der Waals surface area contributed by atoms with E-state index in [-0.39, 0.29) is 70.9 Å². The molecule has 0 unspecified atom stereocenters. The molecule has 51 heavy (non-hydrogen) atoms. The molecule has 9 heteroatoms. The second-order valence-electron chi connectivity index (χ2n) is 20.7. The van der Waals surface area contributed by atoms with Crippen molar-refractivity contribution in [2.24, 2.45) is 56.7 Å². The average Bonchev–Trinajstić information content (AvgIpc) is 3.67. The van der Waals surface area contributed by atoms with Gasteiger partial charge in [0.15, 0.2) is 6.29 Å². The highest BCUT2D eigenvalue weighted by Gasteiger charge is 2.84. The number of nitrogens with zero attached hydrogens (tertiary/aromatic N) is 1. The molecule has 8 fully saturated rings. The van der Waals surface area contributed by atoms with Gasteiger partial charge in [-0.3, -0.25) is 4.90 Å². The standard InChI is InChI=1S/C42H69F2NO6/c1-9-48-35(37(5,6)47)27-20-25(2)32-33(50-27)34(46)39(8)29-11-10-28-36(3,4)30(12-14-40(28)24-41(29,40)16-15-38(32,39)7)51-31-23-45(18-19-49-31)17-13-26-21-42(43,44)22-26/h25-35,46-47H,9-24H2,1-8H3/t25-,27-,28+,29+,30+,31+,32+,33+,34+,35+,38-,39-,40-,41+/m1/s1. The number of aliphatic hydroxyl groups is 2. The Labute approximate surface area is 306 Å². The van der Waals surface area contributed by atoms with Crippen LogP contribution in [0.3, 0.4) is 0 Å². The van der Waals surface area contributed by atoms with Crippen molar-refractivity contribution in [3.05, 3.63) is 0 Å². The summed E-state index contributed by atoms with van der Waals surface area (Å²) in [6, 6.07) is 0. The summed E-state index contributed by atoms with van der Waals surface area (Å²) in [5, 5.41) is 23.7. The van der Waals surface area contributed by atoms with Crippen molar-refractivity contribution in [3.8, 4) is 0 Å². The van der Waals surface area contributed by atoms with Crippen molar-refractivity contribution < 1.29 is 37.9 Å². The number of fused-ring (bicyclic) bond motifs is 4. The third-order valence-electron chi connectivity index (χ3n) is 17.6. The number of alkyl halides is 2. The topological polar surface area (TPSA) is 80.6 Å². The van der Waals surface area contributed by atoms with Gasteiger partial charge in [0.1, 0.15) is 6.10 Å². The van der Waals surface area contributed by atoms with Gasteiger partial charge in [-0.25, -0.2) is 8.78 Å². The fourth-order valence-corrected chi connectivity index (χ4v) is 15.2. The van der Waals surface area contributed by atoms with Crippen molar-refractivity contribution in [1.82, 2.24) is 4.90 Å². The van der Waals surface area contributed by atoms with Gasteiger partial charge in [0.05, 0.1) is 36.6 Å². The van der Waals surface area contributed by atoms with Crippen LogP contribution in [0.2, 0.25) is 0 Å². The van der Waals surface area contributed by atoms with Crippen LogP contribution in [0.15, 0.2) is 0 Å². The van der Waals surface area contributed by atoms with E-state index >= 15 is 0 Å². The molecule has 0 amide bonds. The van der Waals surface area contributed by atoms with Gasteiger partial charge in [-0.2, -0.15) is 0 Å². The summed E-state index contributed by atoms with van der Waals surface area (Å²) in [6.07, 6.45) is 8.34. The summed E-state index contributed by atoms with van der Waals surface area (Å²) in [7, 11) is 0. The number of halogens is 2. The number of hydrogen-bond donors (Lipinski definition) is 2. The lowest BCUT2D eigenvalue weighted by molar-refractivity contribution is -0.249. The lowest BCUT2D eigenvalue weighted by Gasteiger charge is -2.64. The molecule has 0 aromatic carbocycles. The quantitative estimate of drug-likeness (QED) is 0.256. The SMILES string of the molecule is CCO[C@@H]([C@H]1C[C@@H](C)[C@H]2[C@H](O1)[C@H](O)[C@@]1(C)[C@@H]3CC[C@H]4C(C)(C)[C@@H](O[C@H]5CN(CCC6CC(F)(F)C6)CCO5)CC[C@@]45C[C@@]35CC[C@]21C)C(C)(C)O. The molecule has 6 aliphatic carbocycles. The first-order chi connectivity index (χ1) is 23.8. The van der Waals surface area contributed by atoms with Gasteiger partial charge in [0.25, 0.3) is 0 Å². The molecule has 0 radical (unpaired) electrons. The Morgan fingerprint density at radius 2 is 1.71 bits per heavy atom. The smallest absolute Gasteiger partial charge is 0.248 e. The Bertz CT molecular complexity index is 1320. The van der Waals surface area contributed by atoms with Crippen LogP contribution >= 0.6 is 0 Å². The Kier molecular flexibility index (Phi) is 9.04. The normalized spacial score (nSPS) is 50.9. The van der Waals surface area contributed by atoms with E-state index in [4.69, 9.17) is 18.9 Å². The largest absolute Gasteiger partial charge is 0.390 e. The number of morpholine rings is 1. The fraction of sp³-hybridized carbons (Fsp3) is 1.00. The molecule has 2 N–H and O–H groups in total. The molecule has 14 atom stereocenters.